The Kier molecular flexibility index (Phi) is 5.49. The summed E-state index contributed by atoms with van der Waals surface area (Å²) < 4.78 is 6.20. The van der Waals surface area contributed by atoms with E-state index in [0.717, 1.165) is 47.8 Å². The third-order valence-electron chi connectivity index (χ3n) is 5.35. The second kappa shape index (κ2) is 8.73. The van der Waals surface area contributed by atoms with Gasteiger partial charge in [-0.25, -0.2) is 9.97 Å². The van der Waals surface area contributed by atoms with E-state index in [4.69, 9.17) is 9.72 Å². The Morgan fingerprint density at radius 1 is 1.06 bits per heavy atom. The number of benzene rings is 1. The van der Waals surface area contributed by atoms with Crippen LogP contribution >= 0.6 is 11.3 Å². The van der Waals surface area contributed by atoms with E-state index in [1.807, 2.05) is 42.5 Å². The molecular formula is C22H23N7OS. The lowest BCUT2D eigenvalue weighted by Gasteiger charge is -2.34. The van der Waals surface area contributed by atoms with E-state index in [0.29, 0.717) is 23.5 Å². The van der Waals surface area contributed by atoms with Crippen LogP contribution in [0.2, 0.25) is 0 Å². The Bertz CT molecular complexity index is 1160. The van der Waals surface area contributed by atoms with Gasteiger partial charge in [0.25, 0.3) is 0 Å². The zero-order chi connectivity index (χ0) is 21.0. The summed E-state index contributed by atoms with van der Waals surface area (Å²) in [5.41, 5.74) is 4.64. The number of methoxy groups -OCH3 is 1. The van der Waals surface area contributed by atoms with Crippen molar-refractivity contribution >= 4 is 44.8 Å². The molecule has 0 unspecified atom stereocenters. The first-order valence-corrected chi connectivity index (χ1v) is 11.1. The van der Waals surface area contributed by atoms with Gasteiger partial charge in [0, 0.05) is 42.8 Å². The number of pyridine rings is 1. The number of hydrogen-bond donors (Lipinski definition) is 2. The van der Waals surface area contributed by atoms with Crippen molar-refractivity contribution in [1.82, 2.24) is 19.9 Å². The molecule has 0 bridgehead atoms. The Hall–Kier alpha value is -3.46. The van der Waals surface area contributed by atoms with Crippen LogP contribution in [0.4, 0.5) is 23.1 Å². The first-order chi connectivity index (χ1) is 15.3. The molecule has 1 aliphatic rings. The van der Waals surface area contributed by atoms with Crippen molar-refractivity contribution in [2.45, 2.75) is 18.9 Å². The molecule has 0 radical (unpaired) electrons. The molecule has 158 valence electrons. The number of aromatic nitrogens is 4. The van der Waals surface area contributed by atoms with Gasteiger partial charge in [0.2, 0.25) is 11.8 Å². The quantitative estimate of drug-likeness (QED) is 0.465. The smallest absolute Gasteiger partial charge is 0.227 e. The zero-order valence-electron chi connectivity index (χ0n) is 17.2. The maximum Gasteiger partial charge on any atom is 0.227 e. The molecule has 31 heavy (non-hydrogen) atoms. The lowest BCUT2D eigenvalue weighted by atomic mass is 10.0. The standard InChI is InChI=1S/C22H23N7OS/c1-30-18-13-17(7-10-23-18)29-11-8-16(9-12-29)26-22-27-20-19(31-14-24-20)21(28-22)25-15-5-3-2-4-6-15/h2-7,10,13-14,16H,8-9,11-12H2,1H3,(H2,25,26,27,28). The molecule has 4 heterocycles. The zero-order valence-corrected chi connectivity index (χ0v) is 18.0. The van der Waals surface area contributed by atoms with Gasteiger partial charge in [-0.3, -0.25) is 0 Å². The summed E-state index contributed by atoms with van der Waals surface area (Å²) >= 11 is 1.54. The van der Waals surface area contributed by atoms with Crippen LogP contribution < -0.4 is 20.3 Å². The number of nitrogens with one attached hydrogen (secondary N) is 2. The van der Waals surface area contributed by atoms with Crippen molar-refractivity contribution in [3.8, 4) is 5.88 Å². The number of thiazole rings is 1. The summed E-state index contributed by atoms with van der Waals surface area (Å²) in [6, 6.07) is 14.3. The van der Waals surface area contributed by atoms with Crippen molar-refractivity contribution in [2.24, 2.45) is 0 Å². The fraction of sp³-hybridized carbons (Fsp3) is 0.273. The molecule has 0 aliphatic carbocycles. The van der Waals surface area contributed by atoms with Crippen LogP contribution in [0.15, 0.2) is 54.2 Å². The predicted molar refractivity (Wildman–Crippen MR) is 125 cm³/mol. The summed E-state index contributed by atoms with van der Waals surface area (Å²) in [5, 5.41) is 6.93. The van der Waals surface area contributed by atoms with E-state index < -0.39 is 0 Å². The van der Waals surface area contributed by atoms with E-state index in [2.05, 4.69) is 30.5 Å². The van der Waals surface area contributed by atoms with Crippen molar-refractivity contribution in [3.05, 3.63) is 54.2 Å². The topological polar surface area (TPSA) is 88.1 Å². The molecular weight excluding hydrogens is 410 g/mol. The van der Waals surface area contributed by atoms with E-state index >= 15 is 0 Å². The highest BCUT2D eigenvalue weighted by molar-refractivity contribution is 7.17. The minimum atomic E-state index is 0.306. The van der Waals surface area contributed by atoms with Gasteiger partial charge < -0.3 is 20.3 Å². The highest BCUT2D eigenvalue weighted by Crippen LogP contribution is 2.29. The SMILES string of the molecule is COc1cc(N2CCC(Nc3nc(Nc4ccccc4)c4scnc4n3)CC2)ccn1. The lowest BCUT2D eigenvalue weighted by Crippen LogP contribution is -2.39. The molecule has 1 aliphatic heterocycles. The van der Waals surface area contributed by atoms with Crippen molar-refractivity contribution in [1.29, 1.82) is 0 Å². The molecule has 1 fully saturated rings. The van der Waals surface area contributed by atoms with Gasteiger partial charge in [-0.2, -0.15) is 9.97 Å². The van der Waals surface area contributed by atoms with Gasteiger partial charge in [-0.05, 0) is 31.0 Å². The summed E-state index contributed by atoms with van der Waals surface area (Å²) in [6.07, 6.45) is 3.77. The summed E-state index contributed by atoms with van der Waals surface area (Å²) in [7, 11) is 1.64. The number of anilines is 4. The van der Waals surface area contributed by atoms with Gasteiger partial charge in [0.15, 0.2) is 11.5 Å². The van der Waals surface area contributed by atoms with Crippen LogP contribution in [0.5, 0.6) is 5.88 Å². The van der Waals surface area contributed by atoms with E-state index in [9.17, 15) is 0 Å². The molecule has 0 atom stereocenters. The molecule has 0 saturated carbocycles. The number of piperidine rings is 1. The number of para-hydroxylation sites is 1. The molecule has 1 aromatic carbocycles. The third kappa shape index (κ3) is 4.36. The Labute approximate surface area is 184 Å². The van der Waals surface area contributed by atoms with Gasteiger partial charge in [-0.15, -0.1) is 11.3 Å². The lowest BCUT2D eigenvalue weighted by molar-refractivity contribution is 0.397. The van der Waals surface area contributed by atoms with Crippen LogP contribution in [0.3, 0.4) is 0 Å². The Morgan fingerprint density at radius 3 is 2.71 bits per heavy atom. The fourth-order valence-electron chi connectivity index (χ4n) is 3.74. The van der Waals surface area contributed by atoms with E-state index in [1.54, 1.807) is 30.2 Å². The Morgan fingerprint density at radius 2 is 1.90 bits per heavy atom. The molecule has 1 saturated heterocycles. The van der Waals surface area contributed by atoms with Crippen LogP contribution in [0.1, 0.15) is 12.8 Å². The van der Waals surface area contributed by atoms with E-state index in [-0.39, 0.29) is 0 Å². The Balaban J connectivity index is 1.29. The van der Waals surface area contributed by atoms with Gasteiger partial charge in [0.1, 0.15) is 4.70 Å². The molecule has 2 N–H and O–H groups in total. The highest BCUT2D eigenvalue weighted by atomic mass is 32.1. The first-order valence-electron chi connectivity index (χ1n) is 10.2. The molecule has 9 heteroatoms. The first kappa shape index (κ1) is 19.5. The molecule has 5 rings (SSSR count). The van der Waals surface area contributed by atoms with Crippen LogP contribution in [0.25, 0.3) is 10.3 Å². The predicted octanol–water partition coefficient (Wildman–Crippen LogP) is 4.31. The molecule has 4 aromatic rings. The number of fused-ring (bicyclic) bond motifs is 1. The normalized spacial score (nSPS) is 14.5. The second-order valence-corrected chi connectivity index (χ2v) is 8.21. The van der Waals surface area contributed by atoms with Crippen LogP contribution in [-0.2, 0) is 0 Å². The minimum Gasteiger partial charge on any atom is -0.481 e. The van der Waals surface area contributed by atoms with Gasteiger partial charge in [-0.1, -0.05) is 18.2 Å². The van der Waals surface area contributed by atoms with Crippen molar-refractivity contribution in [2.75, 3.05) is 35.7 Å². The van der Waals surface area contributed by atoms with Crippen molar-refractivity contribution in [3.63, 3.8) is 0 Å². The van der Waals surface area contributed by atoms with Crippen molar-refractivity contribution < 1.29 is 4.74 Å². The van der Waals surface area contributed by atoms with Gasteiger partial charge in [0.05, 0.1) is 12.6 Å². The third-order valence-corrected chi connectivity index (χ3v) is 6.17. The summed E-state index contributed by atoms with van der Waals surface area (Å²) in [6.45, 7) is 1.89. The molecule has 0 amide bonds. The summed E-state index contributed by atoms with van der Waals surface area (Å²) in [4.78, 5) is 20.3. The maximum atomic E-state index is 5.25. The van der Waals surface area contributed by atoms with Gasteiger partial charge >= 0.3 is 0 Å². The largest absolute Gasteiger partial charge is 0.481 e. The monoisotopic (exact) mass is 433 g/mol. The highest BCUT2D eigenvalue weighted by Gasteiger charge is 2.21. The molecule has 3 aromatic heterocycles. The summed E-state index contributed by atoms with van der Waals surface area (Å²) in [5.74, 6) is 2.03. The fourth-order valence-corrected chi connectivity index (χ4v) is 4.41. The van der Waals surface area contributed by atoms with E-state index in [1.165, 1.54) is 0 Å². The number of rotatable bonds is 6. The number of nitrogens with zero attached hydrogens (tertiary/aromatic N) is 5. The molecule has 0 spiro atoms. The van der Waals surface area contributed by atoms with Crippen LogP contribution in [-0.4, -0.2) is 46.2 Å². The second-order valence-electron chi connectivity index (χ2n) is 7.35. The number of hydrogen-bond acceptors (Lipinski definition) is 9. The average molecular weight is 434 g/mol. The molecule has 8 nitrogen and oxygen atoms in total. The minimum absolute atomic E-state index is 0.306. The van der Waals surface area contributed by atoms with Crippen LogP contribution in [0, 0.1) is 0 Å². The number of ether oxygens (including phenoxy) is 1. The average Bonchev–Trinajstić information content (AvgIpc) is 3.29. The maximum absolute atomic E-state index is 5.25.